The number of hydrogen-bond acceptors (Lipinski definition) is 3. The van der Waals surface area contributed by atoms with Crippen molar-refractivity contribution in [3.63, 3.8) is 0 Å². The Morgan fingerprint density at radius 2 is 1.87 bits per heavy atom. The summed E-state index contributed by atoms with van der Waals surface area (Å²) in [5.41, 5.74) is 6.91. The van der Waals surface area contributed by atoms with Crippen LogP contribution in [0.1, 0.15) is 27.7 Å². The fraction of sp³-hybridized carbons (Fsp3) is 0.500. The minimum atomic E-state index is -0.480. The lowest BCUT2D eigenvalue weighted by molar-refractivity contribution is -0.122. The first kappa shape index (κ1) is 13.6. The molecule has 0 radical (unpaired) electrons. The molecule has 0 saturated carbocycles. The number of nitrogens with two attached hydrogens (primary N) is 1. The number of ketones is 1. The predicted octanol–water partition coefficient (Wildman–Crippen LogP) is 2.09. The number of allylic oxidation sites excluding steroid dienone is 3. The van der Waals surface area contributed by atoms with Gasteiger partial charge in [0.1, 0.15) is 0 Å². The number of carbonyl (C=O) groups is 1. The molecule has 0 aromatic carbocycles. The molecule has 0 heterocycles. The summed E-state index contributed by atoms with van der Waals surface area (Å²) >= 11 is 0. The van der Waals surface area contributed by atoms with E-state index in [-0.39, 0.29) is 11.5 Å². The van der Waals surface area contributed by atoms with Crippen LogP contribution in [-0.2, 0) is 4.79 Å². The first-order valence-electron chi connectivity index (χ1n) is 4.86. The highest BCUT2D eigenvalue weighted by molar-refractivity contribution is 6.10. The van der Waals surface area contributed by atoms with Crippen LogP contribution < -0.4 is 5.73 Å². The maximum atomic E-state index is 11.9. The van der Waals surface area contributed by atoms with E-state index in [0.717, 1.165) is 5.71 Å². The van der Waals surface area contributed by atoms with E-state index in [9.17, 15) is 4.79 Å². The highest BCUT2D eigenvalue weighted by Crippen LogP contribution is 2.20. The molecule has 0 aromatic heterocycles. The van der Waals surface area contributed by atoms with Gasteiger partial charge in [-0.15, -0.1) is 0 Å². The SMILES string of the molecule is C=C/C(C(C)=NC)=C(/N)C(=O)C(C)(C)C. The Morgan fingerprint density at radius 1 is 1.40 bits per heavy atom. The van der Waals surface area contributed by atoms with E-state index in [1.54, 1.807) is 20.0 Å². The van der Waals surface area contributed by atoms with Gasteiger partial charge in [-0.1, -0.05) is 33.4 Å². The summed E-state index contributed by atoms with van der Waals surface area (Å²) in [6.07, 6.45) is 1.57. The standard InChI is InChI=1S/C12H20N2O/c1-7-9(8(2)14-6)10(13)11(15)12(3,4)5/h7H,1,13H2,2-6H3/b10-9-,14-8?. The zero-order valence-corrected chi connectivity index (χ0v) is 10.2. The van der Waals surface area contributed by atoms with Gasteiger partial charge < -0.3 is 5.73 Å². The van der Waals surface area contributed by atoms with E-state index in [1.165, 1.54) is 0 Å². The van der Waals surface area contributed by atoms with E-state index in [1.807, 2.05) is 20.8 Å². The Balaban J connectivity index is 5.42. The maximum Gasteiger partial charge on any atom is 0.184 e. The minimum absolute atomic E-state index is 0.0830. The van der Waals surface area contributed by atoms with Crippen LogP contribution in [0.15, 0.2) is 28.9 Å². The largest absolute Gasteiger partial charge is 0.395 e. The molecule has 0 spiro atoms. The van der Waals surface area contributed by atoms with Gasteiger partial charge in [-0.3, -0.25) is 9.79 Å². The van der Waals surface area contributed by atoms with Gasteiger partial charge >= 0.3 is 0 Å². The molecule has 0 aromatic rings. The molecule has 84 valence electrons. The molecule has 0 fully saturated rings. The van der Waals surface area contributed by atoms with Crippen LogP contribution in [0.25, 0.3) is 0 Å². The van der Waals surface area contributed by atoms with Gasteiger partial charge in [0, 0.05) is 23.7 Å². The van der Waals surface area contributed by atoms with Gasteiger partial charge in [0.05, 0.1) is 5.70 Å². The normalized spacial score (nSPS) is 14.6. The average Bonchev–Trinajstić information content (AvgIpc) is 2.15. The van der Waals surface area contributed by atoms with Crippen molar-refractivity contribution in [3.8, 4) is 0 Å². The summed E-state index contributed by atoms with van der Waals surface area (Å²) in [4.78, 5) is 15.9. The van der Waals surface area contributed by atoms with Crippen LogP contribution in [0.4, 0.5) is 0 Å². The molecule has 0 aliphatic carbocycles. The van der Waals surface area contributed by atoms with Crippen molar-refractivity contribution in [2.45, 2.75) is 27.7 Å². The number of nitrogens with zero attached hydrogens (tertiary/aromatic N) is 1. The van der Waals surface area contributed by atoms with Crippen molar-refractivity contribution in [3.05, 3.63) is 23.9 Å². The quantitative estimate of drug-likeness (QED) is 0.438. The molecule has 0 saturated heterocycles. The summed E-state index contributed by atoms with van der Waals surface area (Å²) in [6, 6.07) is 0. The Hall–Kier alpha value is -1.38. The van der Waals surface area contributed by atoms with Gasteiger partial charge in [0.2, 0.25) is 0 Å². The number of carbonyl (C=O) groups excluding carboxylic acids is 1. The zero-order valence-electron chi connectivity index (χ0n) is 10.2. The van der Waals surface area contributed by atoms with Crippen molar-refractivity contribution in [2.24, 2.45) is 16.1 Å². The van der Waals surface area contributed by atoms with Crippen LogP contribution in [-0.4, -0.2) is 18.5 Å². The van der Waals surface area contributed by atoms with Gasteiger partial charge in [-0.2, -0.15) is 0 Å². The fourth-order valence-electron chi connectivity index (χ4n) is 1.10. The second-order valence-corrected chi connectivity index (χ2v) is 4.42. The zero-order chi connectivity index (χ0) is 12.2. The average molecular weight is 208 g/mol. The molecule has 0 rings (SSSR count). The van der Waals surface area contributed by atoms with E-state index >= 15 is 0 Å². The van der Waals surface area contributed by atoms with Gasteiger partial charge in [-0.05, 0) is 6.92 Å². The molecule has 3 nitrogen and oxygen atoms in total. The van der Waals surface area contributed by atoms with E-state index in [4.69, 9.17) is 5.73 Å². The smallest absolute Gasteiger partial charge is 0.184 e. The molecule has 0 aliphatic rings. The van der Waals surface area contributed by atoms with Crippen molar-refractivity contribution >= 4 is 11.5 Å². The molecule has 2 N–H and O–H groups in total. The molecule has 0 atom stereocenters. The molecule has 15 heavy (non-hydrogen) atoms. The topological polar surface area (TPSA) is 55.4 Å². The van der Waals surface area contributed by atoms with E-state index < -0.39 is 5.41 Å². The molecule has 0 unspecified atom stereocenters. The van der Waals surface area contributed by atoms with Gasteiger partial charge in [0.25, 0.3) is 0 Å². The maximum absolute atomic E-state index is 11.9. The highest BCUT2D eigenvalue weighted by Gasteiger charge is 2.25. The van der Waals surface area contributed by atoms with Crippen molar-refractivity contribution in [2.75, 3.05) is 7.05 Å². The first-order chi connectivity index (χ1) is 6.75. The molecular weight excluding hydrogens is 188 g/mol. The van der Waals surface area contributed by atoms with Crippen molar-refractivity contribution in [1.29, 1.82) is 0 Å². The summed E-state index contributed by atoms with van der Waals surface area (Å²) in [5.74, 6) is -0.0830. The van der Waals surface area contributed by atoms with Crippen LogP contribution in [0.3, 0.4) is 0 Å². The van der Waals surface area contributed by atoms with E-state index in [2.05, 4.69) is 11.6 Å². The van der Waals surface area contributed by atoms with Crippen molar-refractivity contribution < 1.29 is 4.79 Å². The monoisotopic (exact) mass is 208 g/mol. The van der Waals surface area contributed by atoms with Crippen molar-refractivity contribution in [1.82, 2.24) is 0 Å². The number of Topliss-reactive ketones (excluding diaryl/α,β-unsaturated/α-hetero) is 1. The lowest BCUT2D eigenvalue weighted by atomic mass is 9.87. The van der Waals surface area contributed by atoms with Crippen LogP contribution in [0, 0.1) is 5.41 Å². The fourth-order valence-corrected chi connectivity index (χ4v) is 1.10. The van der Waals surface area contributed by atoms with Crippen LogP contribution in [0.5, 0.6) is 0 Å². The van der Waals surface area contributed by atoms with Crippen LogP contribution >= 0.6 is 0 Å². The highest BCUT2D eigenvalue weighted by atomic mass is 16.1. The summed E-state index contributed by atoms with van der Waals surface area (Å²) in [6.45, 7) is 11.0. The Morgan fingerprint density at radius 3 is 2.13 bits per heavy atom. The first-order valence-corrected chi connectivity index (χ1v) is 4.86. The lowest BCUT2D eigenvalue weighted by Gasteiger charge is -2.18. The second-order valence-electron chi connectivity index (χ2n) is 4.42. The van der Waals surface area contributed by atoms with Gasteiger partial charge in [0.15, 0.2) is 5.78 Å². The third kappa shape index (κ3) is 3.35. The third-order valence-corrected chi connectivity index (χ3v) is 2.15. The predicted molar refractivity (Wildman–Crippen MR) is 64.9 cm³/mol. The molecular formula is C12H20N2O. The Kier molecular flexibility index (Phi) is 4.46. The Bertz CT molecular complexity index is 330. The molecule has 0 bridgehead atoms. The van der Waals surface area contributed by atoms with E-state index in [0.29, 0.717) is 5.57 Å². The lowest BCUT2D eigenvalue weighted by Crippen LogP contribution is -2.28. The summed E-state index contributed by atoms with van der Waals surface area (Å²) < 4.78 is 0. The summed E-state index contributed by atoms with van der Waals surface area (Å²) in [5, 5.41) is 0. The second kappa shape index (κ2) is 4.91. The number of rotatable bonds is 3. The Labute approximate surface area is 91.8 Å². The summed E-state index contributed by atoms with van der Waals surface area (Å²) in [7, 11) is 1.66. The third-order valence-electron chi connectivity index (χ3n) is 2.15. The number of aliphatic imine (C=N–C) groups is 1. The van der Waals surface area contributed by atoms with Crippen LogP contribution in [0.2, 0.25) is 0 Å². The number of hydrogen-bond donors (Lipinski definition) is 1. The minimum Gasteiger partial charge on any atom is -0.395 e. The molecule has 3 heteroatoms. The molecule has 0 amide bonds. The van der Waals surface area contributed by atoms with Gasteiger partial charge in [-0.25, -0.2) is 0 Å². The molecule has 0 aliphatic heterocycles.